The molecule has 0 radical (unpaired) electrons. The highest BCUT2D eigenvalue weighted by molar-refractivity contribution is 6.87. The fourth-order valence-electron chi connectivity index (χ4n) is 1.67. The second-order valence-electron chi connectivity index (χ2n) is 4.52. The fraction of sp³-hybridized carbons (Fsp3) is 1.00. The highest BCUT2D eigenvalue weighted by Gasteiger charge is 2.24. The van der Waals surface area contributed by atoms with Crippen molar-refractivity contribution in [3.8, 4) is 0 Å². The molecule has 0 unspecified atom stereocenters. The molecule has 0 aliphatic heterocycles. The van der Waals surface area contributed by atoms with E-state index in [2.05, 4.69) is 39.3 Å². The summed E-state index contributed by atoms with van der Waals surface area (Å²) >= 11 is 0. The molecule has 1 nitrogen and oxygen atoms in total. The Labute approximate surface area is 83.0 Å². The number of hydrogen-bond acceptors (Lipinski definition) is 1. The van der Waals surface area contributed by atoms with Crippen molar-refractivity contribution in [2.24, 2.45) is 0 Å². The van der Waals surface area contributed by atoms with Crippen LogP contribution < -0.4 is 0 Å². The van der Waals surface area contributed by atoms with E-state index in [1.807, 2.05) is 0 Å². The zero-order chi connectivity index (χ0) is 9.07. The van der Waals surface area contributed by atoms with Gasteiger partial charge in [0.15, 0.2) is 17.4 Å². The molecule has 0 aliphatic carbocycles. The third-order valence-corrected chi connectivity index (χ3v) is 13.1. The van der Waals surface area contributed by atoms with Gasteiger partial charge in [-0.15, -0.1) is 0 Å². The van der Waals surface area contributed by atoms with Crippen molar-refractivity contribution in [1.82, 2.24) is 0 Å². The van der Waals surface area contributed by atoms with E-state index in [0.717, 1.165) is 0 Å². The Kier molecular flexibility index (Phi) is 7.71. The lowest BCUT2D eigenvalue weighted by Crippen LogP contribution is -2.38. The van der Waals surface area contributed by atoms with E-state index in [1.165, 1.54) is 5.67 Å². The van der Waals surface area contributed by atoms with Crippen LogP contribution in [0.15, 0.2) is 0 Å². The SMILES string of the molecule is C.C[SiH](C)C[Si](C)(C)O[SiH](C)C. The van der Waals surface area contributed by atoms with Crippen LogP contribution in [0.2, 0.25) is 44.9 Å². The molecule has 0 saturated carbocycles. The van der Waals surface area contributed by atoms with Crippen LogP contribution in [-0.2, 0) is 4.12 Å². The Morgan fingerprint density at radius 1 is 1.08 bits per heavy atom. The topological polar surface area (TPSA) is 9.23 Å². The molecule has 4 heteroatoms. The Hall–Kier alpha value is 0.611. The highest BCUT2D eigenvalue weighted by Crippen LogP contribution is 2.14. The first-order chi connectivity index (χ1) is 4.83. The molecule has 0 heterocycles. The fourth-order valence-corrected chi connectivity index (χ4v) is 15.9. The maximum Gasteiger partial charge on any atom is 0.170 e. The summed E-state index contributed by atoms with van der Waals surface area (Å²) in [5.41, 5.74) is 1.44. The van der Waals surface area contributed by atoms with E-state index in [0.29, 0.717) is 0 Å². The van der Waals surface area contributed by atoms with Gasteiger partial charge in [0.2, 0.25) is 0 Å². The summed E-state index contributed by atoms with van der Waals surface area (Å²) in [6.45, 7) is 14.1. The van der Waals surface area contributed by atoms with Gasteiger partial charge in [0.05, 0.1) is 0 Å². The van der Waals surface area contributed by atoms with Crippen LogP contribution in [0.1, 0.15) is 7.43 Å². The van der Waals surface area contributed by atoms with Crippen molar-refractivity contribution in [2.45, 2.75) is 52.4 Å². The van der Waals surface area contributed by atoms with Crippen LogP contribution in [0.3, 0.4) is 0 Å². The van der Waals surface area contributed by atoms with E-state index in [9.17, 15) is 0 Å². The molecule has 0 amide bonds. The predicted molar refractivity (Wildman–Crippen MR) is 67.9 cm³/mol. The minimum atomic E-state index is -1.21. The molecule has 0 aromatic rings. The van der Waals surface area contributed by atoms with Crippen molar-refractivity contribution in [3.63, 3.8) is 0 Å². The first kappa shape index (κ1) is 15.1. The molecule has 0 spiro atoms. The van der Waals surface area contributed by atoms with Gasteiger partial charge in [0.1, 0.15) is 0 Å². The van der Waals surface area contributed by atoms with Gasteiger partial charge in [-0.25, -0.2) is 0 Å². The molecule has 0 aromatic heterocycles. The third-order valence-electron chi connectivity index (χ3n) is 1.45. The Bertz CT molecular complexity index is 101. The summed E-state index contributed by atoms with van der Waals surface area (Å²) in [5, 5.41) is 0. The molecule has 0 saturated heterocycles. The third kappa shape index (κ3) is 8.70. The molecule has 12 heavy (non-hydrogen) atoms. The largest absolute Gasteiger partial charge is 0.458 e. The van der Waals surface area contributed by atoms with Gasteiger partial charge >= 0.3 is 0 Å². The van der Waals surface area contributed by atoms with Gasteiger partial charge in [0, 0.05) is 8.80 Å². The van der Waals surface area contributed by atoms with Crippen LogP contribution >= 0.6 is 0 Å². The first-order valence-corrected chi connectivity index (χ1v) is 13.5. The molecule has 0 aliphatic rings. The minimum Gasteiger partial charge on any atom is -0.458 e. The van der Waals surface area contributed by atoms with Crippen molar-refractivity contribution >= 4 is 26.2 Å². The zero-order valence-corrected chi connectivity index (χ0v) is 12.1. The van der Waals surface area contributed by atoms with E-state index in [-0.39, 0.29) is 7.43 Å². The molecular weight excluding hydrogens is 196 g/mol. The molecule has 0 bridgehead atoms. The van der Waals surface area contributed by atoms with E-state index >= 15 is 0 Å². The summed E-state index contributed by atoms with van der Waals surface area (Å²) in [7, 11) is -2.37. The van der Waals surface area contributed by atoms with Crippen molar-refractivity contribution < 1.29 is 4.12 Å². The molecule has 0 rings (SSSR count). The van der Waals surface area contributed by atoms with Crippen molar-refractivity contribution in [2.75, 3.05) is 0 Å². The predicted octanol–water partition coefficient (Wildman–Crippen LogP) is 2.85. The van der Waals surface area contributed by atoms with E-state index < -0.39 is 26.2 Å². The molecule has 0 aromatic carbocycles. The van der Waals surface area contributed by atoms with Crippen molar-refractivity contribution in [1.29, 1.82) is 0 Å². The molecule has 0 N–H and O–H groups in total. The molecule has 76 valence electrons. The van der Waals surface area contributed by atoms with Crippen molar-refractivity contribution in [3.05, 3.63) is 0 Å². The van der Waals surface area contributed by atoms with E-state index in [4.69, 9.17) is 4.12 Å². The maximum atomic E-state index is 6.06. The van der Waals surface area contributed by atoms with Gasteiger partial charge in [-0.3, -0.25) is 0 Å². The summed E-state index contributed by atoms with van der Waals surface area (Å²) in [5.74, 6) is 0. The Morgan fingerprint density at radius 3 is 1.75 bits per heavy atom. The second-order valence-corrected chi connectivity index (χ2v) is 15.5. The van der Waals surface area contributed by atoms with Gasteiger partial charge in [-0.1, -0.05) is 20.5 Å². The lowest BCUT2D eigenvalue weighted by molar-refractivity contribution is 0.579. The quantitative estimate of drug-likeness (QED) is 0.665. The normalized spacial score (nSPS) is 12.0. The number of rotatable bonds is 4. The molecule has 0 fully saturated rings. The van der Waals surface area contributed by atoms with Crippen LogP contribution in [-0.4, -0.2) is 26.2 Å². The monoisotopic (exact) mass is 222 g/mol. The van der Waals surface area contributed by atoms with Gasteiger partial charge < -0.3 is 4.12 Å². The average molecular weight is 223 g/mol. The Morgan fingerprint density at radius 2 is 1.50 bits per heavy atom. The second kappa shape index (κ2) is 6.12. The lowest BCUT2D eigenvalue weighted by atomic mass is 11.8. The van der Waals surface area contributed by atoms with Crippen LogP contribution in [0.4, 0.5) is 0 Å². The smallest absolute Gasteiger partial charge is 0.170 e. The summed E-state index contributed by atoms with van der Waals surface area (Å²) in [6, 6.07) is 0. The van der Waals surface area contributed by atoms with Crippen LogP contribution in [0.25, 0.3) is 0 Å². The van der Waals surface area contributed by atoms with Crippen LogP contribution in [0, 0.1) is 0 Å². The summed E-state index contributed by atoms with van der Waals surface area (Å²) in [4.78, 5) is 0. The molecular formula is C8H26OSi3. The summed E-state index contributed by atoms with van der Waals surface area (Å²) < 4.78 is 6.06. The maximum absolute atomic E-state index is 6.06. The minimum absolute atomic E-state index is 0. The van der Waals surface area contributed by atoms with E-state index in [1.54, 1.807) is 0 Å². The lowest BCUT2D eigenvalue weighted by Gasteiger charge is -2.26. The Balaban J connectivity index is 0. The zero-order valence-electron chi connectivity index (χ0n) is 8.77. The molecule has 0 atom stereocenters. The van der Waals surface area contributed by atoms with Gasteiger partial charge in [-0.05, 0) is 31.9 Å². The summed E-state index contributed by atoms with van der Waals surface area (Å²) in [6.07, 6.45) is 0. The van der Waals surface area contributed by atoms with Crippen LogP contribution in [0.5, 0.6) is 0 Å². The van der Waals surface area contributed by atoms with Gasteiger partial charge in [0.25, 0.3) is 0 Å². The first-order valence-electron chi connectivity index (χ1n) is 4.51. The number of hydrogen-bond donors (Lipinski definition) is 0. The highest BCUT2D eigenvalue weighted by atomic mass is 28.4. The van der Waals surface area contributed by atoms with Gasteiger partial charge in [-0.2, -0.15) is 0 Å². The standard InChI is InChI=1S/C7H22OSi3.CH4/c1-9(2)7-11(5,6)8-10(3)4;/h9-10H,7H2,1-6H3;1H4. The average Bonchev–Trinajstić information content (AvgIpc) is 1.53.